The Balaban J connectivity index is 0.0000255. The number of carbonyl (C=O) groups excluding carboxylic acids is 14. The smallest absolute Gasteiger partial charge is 0.549 e. The van der Waals surface area contributed by atoms with Crippen molar-refractivity contribution in [3.8, 4) is 11.5 Å². The number of unbranched alkanes of at least 4 members (excludes halogenated alkanes) is 5. The van der Waals surface area contributed by atoms with Gasteiger partial charge in [-0.25, -0.2) is 4.98 Å². The molecule has 12 amide bonds. The van der Waals surface area contributed by atoms with Gasteiger partial charge in [-0.05, 0) is 85.4 Å². The maximum atomic E-state index is 14.5. The van der Waals surface area contributed by atoms with Crippen molar-refractivity contribution < 1.29 is 105 Å². The summed E-state index contributed by atoms with van der Waals surface area (Å²) in [4.78, 5) is 199. The number of nitrogens with one attached hydrogen (secondary N) is 11. The predicted molar refractivity (Wildman–Crippen MR) is 395 cm³/mol. The van der Waals surface area contributed by atoms with Crippen LogP contribution < -0.4 is 74.8 Å². The number of primary amides is 2. The van der Waals surface area contributed by atoms with Crippen LogP contribution in [0.4, 0.5) is 0 Å². The molecule has 0 aliphatic carbocycles. The van der Waals surface area contributed by atoms with Gasteiger partial charge in [0.1, 0.15) is 59.8 Å². The molecule has 2 aromatic carbocycles. The number of phenolic OH excluding ortho intramolecular Hbond substituents is 2. The molecule has 607 valence electrons. The Morgan fingerprint density at radius 2 is 0.982 bits per heavy atom. The number of phenols is 2. The number of H-pyrrole nitrogens is 1. The molecule has 17 N–H and O–H groups in total. The van der Waals surface area contributed by atoms with Gasteiger partial charge in [0, 0.05) is 127 Å². The van der Waals surface area contributed by atoms with Crippen molar-refractivity contribution in [1.29, 1.82) is 0 Å². The molecular formula is C73H105CuN17O18S. The van der Waals surface area contributed by atoms with Gasteiger partial charge >= 0.3 is 17.1 Å². The maximum absolute atomic E-state index is 14.5. The van der Waals surface area contributed by atoms with Gasteiger partial charge < -0.3 is 99.6 Å². The van der Waals surface area contributed by atoms with Crippen molar-refractivity contribution in [2.45, 2.75) is 179 Å². The minimum Gasteiger partial charge on any atom is -0.549 e. The summed E-state index contributed by atoms with van der Waals surface area (Å²) >= 11 is 1.35. The molecule has 1 aliphatic heterocycles. The van der Waals surface area contributed by atoms with E-state index in [1.165, 1.54) is 79.3 Å². The summed E-state index contributed by atoms with van der Waals surface area (Å²) in [6, 6.07) is 4.52. The molecule has 0 spiro atoms. The third-order valence-corrected chi connectivity index (χ3v) is 18.8. The molecule has 0 saturated carbocycles. The third-order valence-electron chi connectivity index (χ3n) is 17.9. The standard InChI is InChI=1S/C73H107N17O18S.Cu/c1-5-6-14-53(66(75)101)83-72(107)58(39-52-13-12-35-109-52)86-71(106)57(38-49-40-76-44-79-49)82-61(95)26-28-78-73(108)65(45(2)3)87-67(102)46(4)80-69(104)56(37-48-18-22-51(92)23-19-48)85-68(103)54(24-25-59(74)93)84-70(105)55(36-47-16-20-50(91)21-17-47)81-60(94)15-10-8-7-9-11-27-77-62(96)41-88-29-31-89(42-63(97)98)33-34-90(32-30-88)43-64(99)100;/h12-13,16-23,35,40,44-46,53-58,65,91-92H,5-11,14-15,24-34,36-39,41-43H2,1-4H3,(H2,74,93)(H2,75,101)(H,76,79)(H,77,96)(H,78,108)(H,80,104)(H,81,94)(H,82,95)(H,83,107)(H,84,105)(H,85,103)(H,86,106)(H,87,102)(H,97,98)(H,99,100);/q;+2/p-2/t46-,53-,54-,55+,56-,57-,58-,65-;/m0./s1/i;1+0. The van der Waals surface area contributed by atoms with Crippen LogP contribution >= 0.6 is 11.3 Å². The average molecular weight is 1600 g/mol. The second-order valence-corrected chi connectivity index (χ2v) is 28.3. The van der Waals surface area contributed by atoms with Gasteiger partial charge in [-0.15, -0.1) is 11.3 Å². The summed E-state index contributed by atoms with van der Waals surface area (Å²) < 4.78 is 0. The Hall–Kier alpha value is -10.1. The van der Waals surface area contributed by atoms with E-state index in [1.54, 1.807) is 41.2 Å². The first kappa shape index (κ1) is 92.3. The van der Waals surface area contributed by atoms with Crippen molar-refractivity contribution in [3.63, 3.8) is 0 Å². The number of thiophene rings is 1. The van der Waals surface area contributed by atoms with E-state index in [-0.39, 0.29) is 112 Å². The molecule has 1 aliphatic rings. The summed E-state index contributed by atoms with van der Waals surface area (Å²) in [5, 5.41) is 71.3. The van der Waals surface area contributed by atoms with Crippen LogP contribution in [0.15, 0.2) is 78.6 Å². The molecule has 1 saturated heterocycles. The fraction of sp³-hybridized carbons (Fsp3) is 0.548. The molecule has 37 heteroatoms. The number of aromatic amines is 1. The molecule has 35 nitrogen and oxygen atoms in total. The quantitative estimate of drug-likeness (QED) is 0.0148. The van der Waals surface area contributed by atoms with E-state index in [0.29, 0.717) is 101 Å². The normalized spacial score (nSPS) is 14.9. The number of hydrogen-bond donors (Lipinski definition) is 15. The number of rotatable bonds is 48. The third kappa shape index (κ3) is 35.5. The van der Waals surface area contributed by atoms with Gasteiger partial charge in [-0.1, -0.05) is 83.2 Å². The minimum absolute atomic E-state index is 0. The van der Waals surface area contributed by atoms with Gasteiger partial charge in [0.15, 0.2) is 0 Å². The number of aliphatic carboxylic acids is 2. The number of nitrogens with zero attached hydrogens (tertiary/aromatic N) is 4. The SMILES string of the molecule is CCCC[C@H](NC(=O)[C@H](Cc1cccs1)NC(=O)[C@H](Cc1cnc[nH]1)NC(=O)CCNC(=O)[C@@H](NC(=O)[C@H](C)NC(=O)[C@H](Cc1ccc(O)cc1)NC(=O)[C@H](CCC(N)=O)NC(=O)[C@@H](Cc1ccc(O)cc1)NC(=O)CCCCCCCNC(=O)CN1CCN(CC(=O)[O-])CCN(CC(=O)[O-])CC1)C(C)C)C(N)=O.[64Cu+2]. The molecular weight excluding hydrogens is 1500 g/mol. The fourth-order valence-electron chi connectivity index (χ4n) is 11.7. The number of aromatic hydroxyl groups is 2. The van der Waals surface area contributed by atoms with E-state index in [0.717, 1.165) is 11.3 Å². The Bertz CT molecular complexity index is 3610. The van der Waals surface area contributed by atoms with Crippen LogP contribution in [0.2, 0.25) is 0 Å². The Labute approximate surface area is 653 Å². The number of carboxylic acid groups (broad SMARTS) is 2. The molecule has 1 fully saturated rings. The molecule has 0 unspecified atom stereocenters. The number of carbonyl (C=O) groups is 14. The summed E-state index contributed by atoms with van der Waals surface area (Å²) in [6.07, 6.45) is 5.84. The number of benzene rings is 2. The number of nitrogens with two attached hydrogens (primary N) is 2. The molecule has 3 heterocycles. The van der Waals surface area contributed by atoms with E-state index < -0.39 is 138 Å². The Morgan fingerprint density at radius 1 is 0.500 bits per heavy atom. The number of carboxylic acids is 2. The van der Waals surface area contributed by atoms with E-state index >= 15 is 0 Å². The van der Waals surface area contributed by atoms with Gasteiger partial charge in [0.2, 0.25) is 70.9 Å². The fourth-order valence-corrected chi connectivity index (χ4v) is 12.5. The molecule has 4 aromatic rings. The van der Waals surface area contributed by atoms with Crippen molar-refractivity contribution in [3.05, 3.63) is 100 Å². The number of imidazole rings is 1. The van der Waals surface area contributed by atoms with Crippen molar-refractivity contribution in [1.82, 2.24) is 77.8 Å². The van der Waals surface area contributed by atoms with Crippen molar-refractivity contribution >= 4 is 94.2 Å². The zero-order valence-electron chi connectivity index (χ0n) is 62.4. The first-order valence-electron chi connectivity index (χ1n) is 36.6. The second-order valence-electron chi connectivity index (χ2n) is 27.3. The van der Waals surface area contributed by atoms with Crippen molar-refractivity contribution in [2.75, 3.05) is 72.0 Å². The average Bonchev–Trinajstić information content (AvgIpc) is 0.909. The summed E-state index contributed by atoms with van der Waals surface area (Å²) in [5.41, 5.74) is 12.5. The van der Waals surface area contributed by atoms with E-state index in [9.17, 15) is 87.5 Å². The topological polar surface area (TPSA) is 536 Å². The predicted octanol–water partition coefficient (Wildman–Crippen LogP) is -3.97. The van der Waals surface area contributed by atoms with Gasteiger partial charge in [0.25, 0.3) is 0 Å². The molecule has 110 heavy (non-hydrogen) atoms. The summed E-state index contributed by atoms with van der Waals surface area (Å²) in [5.74, 6) is -12.1. The zero-order valence-corrected chi connectivity index (χ0v) is 64.1. The van der Waals surface area contributed by atoms with Gasteiger partial charge in [-0.2, -0.15) is 0 Å². The van der Waals surface area contributed by atoms with Crippen LogP contribution in [-0.2, 0) is 110 Å². The summed E-state index contributed by atoms with van der Waals surface area (Å²) in [6.45, 7) is 7.90. The van der Waals surface area contributed by atoms with Gasteiger partial charge in [0.05, 0.1) is 24.8 Å². The first-order valence-corrected chi connectivity index (χ1v) is 37.5. The van der Waals surface area contributed by atoms with Crippen LogP contribution in [0, 0.1) is 5.92 Å². The van der Waals surface area contributed by atoms with E-state index in [4.69, 9.17) is 11.5 Å². The molecule has 5 rings (SSSR count). The maximum Gasteiger partial charge on any atom is 2.00 e. The number of hydrogen-bond acceptors (Lipinski definition) is 23. The van der Waals surface area contributed by atoms with Crippen LogP contribution in [0.25, 0.3) is 0 Å². The van der Waals surface area contributed by atoms with Crippen LogP contribution in [0.5, 0.6) is 11.5 Å². The number of amides is 12. The molecule has 0 bridgehead atoms. The first-order chi connectivity index (χ1) is 51.9. The monoisotopic (exact) mass is 1600 g/mol. The van der Waals surface area contributed by atoms with Crippen LogP contribution in [0.1, 0.15) is 126 Å². The minimum atomic E-state index is -1.56. The van der Waals surface area contributed by atoms with Crippen molar-refractivity contribution in [2.24, 2.45) is 17.4 Å². The van der Waals surface area contributed by atoms with E-state index in [2.05, 4.69) is 63.1 Å². The largest absolute Gasteiger partial charge is 2.00 e. The summed E-state index contributed by atoms with van der Waals surface area (Å²) in [7, 11) is 0. The second kappa shape index (κ2) is 49.2. The van der Waals surface area contributed by atoms with Crippen LogP contribution in [0.3, 0.4) is 0 Å². The zero-order chi connectivity index (χ0) is 80.0. The Kier molecular flexibility index (Phi) is 41.3. The van der Waals surface area contributed by atoms with Crippen LogP contribution in [-0.4, -0.2) is 238 Å². The molecule has 2 aromatic heterocycles. The van der Waals surface area contributed by atoms with E-state index in [1.807, 2.05) is 11.8 Å². The number of aromatic nitrogens is 2. The Morgan fingerprint density at radius 3 is 1.48 bits per heavy atom. The molecule has 1 radical (unpaired) electrons. The molecule has 8 atom stereocenters. The van der Waals surface area contributed by atoms with Gasteiger partial charge in [-0.3, -0.25) is 72.2 Å².